The number of methoxy groups -OCH3 is 1. The number of carbonyl (C=O) groups excluding carboxylic acids is 1. The van der Waals surface area contributed by atoms with E-state index in [1.54, 1.807) is 18.2 Å². The van der Waals surface area contributed by atoms with Crippen molar-refractivity contribution >= 4 is 21.8 Å². The average Bonchev–Trinajstić information content (AvgIpc) is 3.20. The summed E-state index contributed by atoms with van der Waals surface area (Å²) in [6.07, 6.45) is 2.09. The third kappa shape index (κ3) is 2.61. The van der Waals surface area contributed by atoms with Gasteiger partial charge in [-0.3, -0.25) is 4.79 Å². The van der Waals surface area contributed by atoms with Gasteiger partial charge in [0, 0.05) is 17.9 Å². The second kappa shape index (κ2) is 5.61. The molecule has 4 nitrogen and oxygen atoms in total. The van der Waals surface area contributed by atoms with Gasteiger partial charge in [-0.2, -0.15) is 0 Å². The zero-order valence-corrected chi connectivity index (χ0v) is 11.8. The monoisotopic (exact) mass is 313 g/mol. The van der Waals surface area contributed by atoms with E-state index in [9.17, 15) is 9.90 Å². The molecule has 1 fully saturated rings. The molecule has 1 aromatic carbocycles. The second-order valence-corrected chi connectivity index (χ2v) is 5.07. The Morgan fingerprint density at radius 3 is 2.83 bits per heavy atom. The number of carbonyl (C=O) groups is 1. The standard InChI is InChI=1S/C13H16BrNO3/c1-18-11-4-2-3-10(12(11)16)13(17)15(8-7-14)9-5-6-9/h2-4,9,16H,5-8H2,1H3. The zero-order chi connectivity index (χ0) is 13.1. The number of halogens is 1. The Hall–Kier alpha value is -1.23. The van der Waals surface area contributed by atoms with Gasteiger partial charge in [-0.25, -0.2) is 0 Å². The van der Waals surface area contributed by atoms with Gasteiger partial charge in [-0.05, 0) is 25.0 Å². The summed E-state index contributed by atoms with van der Waals surface area (Å²) < 4.78 is 5.02. The maximum Gasteiger partial charge on any atom is 0.258 e. The van der Waals surface area contributed by atoms with Gasteiger partial charge < -0.3 is 14.7 Å². The van der Waals surface area contributed by atoms with Crippen LogP contribution in [0, 0.1) is 0 Å². The van der Waals surface area contributed by atoms with Crippen molar-refractivity contribution in [1.82, 2.24) is 4.90 Å². The van der Waals surface area contributed by atoms with E-state index in [0.717, 1.165) is 18.2 Å². The van der Waals surface area contributed by atoms with Gasteiger partial charge in [0.1, 0.15) is 0 Å². The van der Waals surface area contributed by atoms with E-state index in [1.807, 2.05) is 4.90 Å². The van der Waals surface area contributed by atoms with Crippen LogP contribution in [0.15, 0.2) is 18.2 Å². The van der Waals surface area contributed by atoms with Crippen molar-refractivity contribution in [3.63, 3.8) is 0 Å². The minimum atomic E-state index is -0.131. The van der Waals surface area contributed by atoms with Crippen molar-refractivity contribution in [1.29, 1.82) is 0 Å². The van der Waals surface area contributed by atoms with Crippen LogP contribution in [0.3, 0.4) is 0 Å². The van der Waals surface area contributed by atoms with Gasteiger partial charge in [0.2, 0.25) is 0 Å². The van der Waals surface area contributed by atoms with Crippen LogP contribution in [0.5, 0.6) is 11.5 Å². The second-order valence-electron chi connectivity index (χ2n) is 4.28. The molecular weight excluding hydrogens is 298 g/mol. The molecule has 1 saturated carbocycles. The third-order valence-electron chi connectivity index (χ3n) is 3.02. The quantitative estimate of drug-likeness (QED) is 0.849. The Balaban J connectivity index is 2.26. The van der Waals surface area contributed by atoms with E-state index in [4.69, 9.17) is 4.74 Å². The van der Waals surface area contributed by atoms with Crippen molar-refractivity contribution in [2.24, 2.45) is 0 Å². The number of ether oxygens (including phenoxy) is 1. The predicted octanol–water partition coefficient (Wildman–Crippen LogP) is 2.40. The zero-order valence-electron chi connectivity index (χ0n) is 10.2. The lowest BCUT2D eigenvalue weighted by Crippen LogP contribution is -2.34. The summed E-state index contributed by atoms with van der Waals surface area (Å²) in [5.74, 6) is 0.119. The topological polar surface area (TPSA) is 49.8 Å². The van der Waals surface area contributed by atoms with Crippen LogP contribution in [-0.4, -0.2) is 40.9 Å². The molecule has 1 N–H and O–H groups in total. The number of hydrogen-bond acceptors (Lipinski definition) is 3. The molecule has 0 heterocycles. The van der Waals surface area contributed by atoms with E-state index < -0.39 is 0 Å². The molecule has 0 aliphatic heterocycles. The number of benzene rings is 1. The molecule has 18 heavy (non-hydrogen) atoms. The number of phenols is 1. The molecule has 1 aromatic rings. The highest BCUT2D eigenvalue weighted by Gasteiger charge is 2.33. The summed E-state index contributed by atoms with van der Waals surface area (Å²) >= 11 is 3.35. The van der Waals surface area contributed by atoms with Crippen LogP contribution in [0.1, 0.15) is 23.2 Å². The highest BCUT2D eigenvalue weighted by Crippen LogP contribution is 2.33. The first-order chi connectivity index (χ1) is 8.69. The van der Waals surface area contributed by atoms with Crippen LogP contribution in [0.25, 0.3) is 0 Å². The number of alkyl halides is 1. The fraction of sp³-hybridized carbons (Fsp3) is 0.462. The van der Waals surface area contributed by atoms with E-state index in [2.05, 4.69) is 15.9 Å². The maximum atomic E-state index is 12.4. The molecule has 1 aliphatic rings. The Morgan fingerprint density at radius 1 is 1.56 bits per heavy atom. The third-order valence-corrected chi connectivity index (χ3v) is 3.38. The largest absolute Gasteiger partial charge is 0.504 e. The fourth-order valence-corrected chi connectivity index (χ4v) is 2.32. The first kappa shape index (κ1) is 13.2. The van der Waals surface area contributed by atoms with E-state index in [1.165, 1.54) is 7.11 Å². The molecule has 5 heteroatoms. The highest BCUT2D eigenvalue weighted by molar-refractivity contribution is 9.09. The summed E-state index contributed by atoms with van der Waals surface area (Å²) in [6, 6.07) is 5.30. The number of amides is 1. The molecule has 0 spiro atoms. The first-order valence-corrected chi connectivity index (χ1v) is 7.04. The lowest BCUT2D eigenvalue weighted by Gasteiger charge is -2.22. The van der Waals surface area contributed by atoms with Crippen molar-refractivity contribution < 1.29 is 14.6 Å². The number of phenolic OH excluding ortho intramolecular Hbond substituents is 1. The highest BCUT2D eigenvalue weighted by atomic mass is 79.9. The number of rotatable bonds is 5. The number of para-hydroxylation sites is 1. The van der Waals surface area contributed by atoms with Crippen molar-refractivity contribution in [3.05, 3.63) is 23.8 Å². The van der Waals surface area contributed by atoms with Crippen LogP contribution in [0.2, 0.25) is 0 Å². The maximum absolute atomic E-state index is 12.4. The normalized spacial score (nSPS) is 14.3. The molecule has 2 rings (SSSR count). The molecule has 0 saturated heterocycles. The Morgan fingerprint density at radius 2 is 2.28 bits per heavy atom. The average molecular weight is 314 g/mol. The summed E-state index contributed by atoms with van der Waals surface area (Å²) in [7, 11) is 1.47. The minimum Gasteiger partial charge on any atom is -0.504 e. The molecule has 1 amide bonds. The van der Waals surface area contributed by atoms with Crippen LogP contribution < -0.4 is 4.74 Å². The van der Waals surface area contributed by atoms with Gasteiger partial charge in [0.25, 0.3) is 5.91 Å². The van der Waals surface area contributed by atoms with Crippen molar-refractivity contribution in [2.45, 2.75) is 18.9 Å². The first-order valence-electron chi connectivity index (χ1n) is 5.92. The lowest BCUT2D eigenvalue weighted by molar-refractivity contribution is 0.0751. The van der Waals surface area contributed by atoms with Crippen LogP contribution in [-0.2, 0) is 0 Å². The number of aromatic hydroxyl groups is 1. The van der Waals surface area contributed by atoms with E-state index in [0.29, 0.717) is 23.9 Å². The Kier molecular flexibility index (Phi) is 4.11. The minimum absolute atomic E-state index is 0.0785. The van der Waals surface area contributed by atoms with E-state index in [-0.39, 0.29) is 11.7 Å². The SMILES string of the molecule is COc1cccc(C(=O)N(CCBr)C2CC2)c1O. The van der Waals surface area contributed by atoms with Gasteiger partial charge in [0.05, 0.1) is 12.7 Å². The Bertz CT molecular complexity index is 446. The van der Waals surface area contributed by atoms with Gasteiger partial charge in [-0.1, -0.05) is 22.0 Å². The van der Waals surface area contributed by atoms with Crippen LogP contribution in [0.4, 0.5) is 0 Å². The molecule has 0 atom stereocenters. The Labute approximate surface area is 115 Å². The summed E-state index contributed by atoms with van der Waals surface area (Å²) in [6.45, 7) is 0.653. The van der Waals surface area contributed by atoms with E-state index >= 15 is 0 Å². The molecule has 0 unspecified atom stereocenters. The van der Waals surface area contributed by atoms with Gasteiger partial charge in [-0.15, -0.1) is 0 Å². The van der Waals surface area contributed by atoms with Crippen molar-refractivity contribution in [2.75, 3.05) is 19.0 Å². The molecule has 0 radical (unpaired) electrons. The van der Waals surface area contributed by atoms with Gasteiger partial charge in [0.15, 0.2) is 11.5 Å². The van der Waals surface area contributed by atoms with Gasteiger partial charge >= 0.3 is 0 Å². The number of nitrogens with zero attached hydrogens (tertiary/aromatic N) is 1. The molecule has 0 aromatic heterocycles. The van der Waals surface area contributed by atoms with Crippen molar-refractivity contribution in [3.8, 4) is 11.5 Å². The summed E-state index contributed by atoms with van der Waals surface area (Å²) in [4.78, 5) is 14.2. The molecular formula is C13H16BrNO3. The molecule has 1 aliphatic carbocycles. The van der Waals surface area contributed by atoms with Crippen LogP contribution >= 0.6 is 15.9 Å². The molecule has 0 bridgehead atoms. The predicted molar refractivity (Wildman–Crippen MR) is 72.5 cm³/mol. The number of hydrogen-bond donors (Lipinski definition) is 1. The lowest BCUT2D eigenvalue weighted by atomic mass is 10.1. The summed E-state index contributed by atoms with van der Waals surface area (Å²) in [5.41, 5.74) is 0.308. The smallest absolute Gasteiger partial charge is 0.258 e. The fourth-order valence-electron chi connectivity index (χ4n) is 1.94. The molecule has 98 valence electrons. The summed E-state index contributed by atoms with van der Waals surface area (Å²) in [5, 5.41) is 10.7.